The molecule has 0 radical (unpaired) electrons. The van der Waals surface area contributed by atoms with Gasteiger partial charge in [0.1, 0.15) is 11.5 Å². The van der Waals surface area contributed by atoms with Crippen LogP contribution in [0.5, 0.6) is 11.5 Å². The minimum Gasteiger partial charge on any atom is -0.496 e. The monoisotopic (exact) mass is 750 g/mol. The van der Waals surface area contributed by atoms with Crippen LogP contribution in [-0.2, 0) is 25.7 Å². The summed E-state index contributed by atoms with van der Waals surface area (Å²) in [6, 6.07) is 58.1. The molecule has 0 spiro atoms. The standard InChI is InChI=1S/C52H38N4O2/c1-57-51-33-50(44-17-13-42(14-18-44)48-30-38(22-26-56)28-46(32-48)40-9-5-36(6-10-40)20-24-54)52(58-2)34-49(51)43-15-11-41(12-16-43)47-29-37(21-25-55)27-45(31-47)39-7-3-35(4-8-39)19-23-53/h3-18,27-34H,19-22H2,1-2H3. The van der Waals surface area contributed by atoms with Crippen molar-refractivity contribution in [1.29, 1.82) is 21.0 Å². The first kappa shape index (κ1) is 38.4. The van der Waals surface area contributed by atoms with Gasteiger partial charge in [0.15, 0.2) is 0 Å². The molecule has 0 aromatic heterocycles. The Hall–Kier alpha value is -7.90. The second kappa shape index (κ2) is 17.7. The number of methoxy groups -OCH3 is 2. The maximum Gasteiger partial charge on any atom is 0.127 e. The lowest BCUT2D eigenvalue weighted by atomic mass is 9.92. The second-order valence-electron chi connectivity index (χ2n) is 14.0. The molecule has 58 heavy (non-hydrogen) atoms. The Labute approximate surface area is 339 Å². The summed E-state index contributed by atoms with van der Waals surface area (Å²) >= 11 is 0. The molecule has 0 N–H and O–H groups in total. The van der Waals surface area contributed by atoms with Crippen molar-refractivity contribution < 1.29 is 9.47 Å². The number of benzene rings is 7. The molecular formula is C52H38N4O2. The minimum absolute atomic E-state index is 0.300. The highest BCUT2D eigenvalue weighted by Gasteiger charge is 2.16. The Kier molecular flexibility index (Phi) is 11.7. The van der Waals surface area contributed by atoms with Crippen molar-refractivity contribution >= 4 is 0 Å². The van der Waals surface area contributed by atoms with Gasteiger partial charge in [0.05, 0.1) is 64.2 Å². The second-order valence-corrected chi connectivity index (χ2v) is 14.0. The lowest BCUT2D eigenvalue weighted by Crippen LogP contribution is -1.94. The van der Waals surface area contributed by atoms with Gasteiger partial charge in [-0.25, -0.2) is 0 Å². The Bertz CT molecular complexity index is 2570. The molecule has 7 aromatic carbocycles. The van der Waals surface area contributed by atoms with Crippen LogP contribution in [0.4, 0.5) is 0 Å². The highest BCUT2D eigenvalue weighted by Crippen LogP contribution is 2.42. The number of nitriles is 4. The summed E-state index contributed by atoms with van der Waals surface area (Å²) < 4.78 is 11.9. The third-order valence-electron chi connectivity index (χ3n) is 10.3. The van der Waals surface area contributed by atoms with Crippen molar-refractivity contribution in [3.63, 3.8) is 0 Å². The van der Waals surface area contributed by atoms with Gasteiger partial charge >= 0.3 is 0 Å². The Morgan fingerprint density at radius 3 is 0.845 bits per heavy atom. The first-order valence-electron chi connectivity index (χ1n) is 18.9. The topological polar surface area (TPSA) is 114 Å². The van der Waals surface area contributed by atoms with Crippen LogP contribution in [0.15, 0.2) is 146 Å². The van der Waals surface area contributed by atoms with E-state index in [0.717, 1.165) is 89.0 Å². The summed E-state index contributed by atoms with van der Waals surface area (Å²) in [7, 11) is 3.34. The predicted octanol–water partition coefficient (Wildman–Crippen LogP) is 12.0. The predicted molar refractivity (Wildman–Crippen MR) is 229 cm³/mol. The average Bonchev–Trinajstić information content (AvgIpc) is 3.27. The molecule has 0 saturated carbocycles. The average molecular weight is 751 g/mol. The van der Waals surface area contributed by atoms with E-state index in [1.807, 2.05) is 60.7 Å². The molecule has 0 aliphatic rings. The third kappa shape index (κ3) is 8.49. The first-order valence-corrected chi connectivity index (χ1v) is 18.9. The first-order chi connectivity index (χ1) is 28.4. The zero-order valence-corrected chi connectivity index (χ0v) is 32.3. The van der Waals surface area contributed by atoms with Gasteiger partial charge in [-0.1, -0.05) is 121 Å². The molecule has 0 atom stereocenters. The summed E-state index contributed by atoms with van der Waals surface area (Å²) in [4.78, 5) is 0. The van der Waals surface area contributed by atoms with Gasteiger partial charge in [-0.15, -0.1) is 0 Å². The molecule has 0 amide bonds. The van der Waals surface area contributed by atoms with Crippen molar-refractivity contribution in [3.8, 4) is 103 Å². The smallest absolute Gasteiger partial charge is 0.127 e. The van der Waals surface area contributed by atoms with Crippen LogP contribution >= 0.6 is 0 Å². The molecule has 0 saturated heterocycles. The van der Waals surface area contributed by atoms with Gasteiger partial charge in [-0.2, -0.15) is 21.0 Å². The van der Waals surface area contributed by atoms with E-state index in [9.17, 15) is 10.5 Å². The summed E-state index contributed by atoms with van der Waals surface area (Å²) in [5.74, 6) is 1.42. The number of rotatable bonds is 12. The molecule has 6 heteroatoms. The SMILES string of the molecule is COc1cc(-c2ccc(-c3cc(CC#N)cc(-c4ccc(CC#N)cc4)c3)cc2)c(OC)cc1-c1ccc(-c2cc(CC#N)cc(-c3ccc(CC#N)cc3)c2)cc1. The number of hydrogen-bond acceptors (Lipinski definition) is 6. The van der Waals surface area contributed by atoms with Gasteiger partial charge in [0, 0.05) is 11.1 Å². The van der Waals surface area contributed by atoms with E-state index in [2.05, 4.69) is 109 Å². The highest BCUT2D eigenvalue weighted by atomic mass is 16.5. The molecule has 6 nitrogen and oxygen atoms in total. The molecule has 7 aromatic rings. The van der Waals surface area contributed by atoms with E-state index in [1.54, 1.807) is 14.2 Å². The zero-order valence-electron chi connectivity index (χ0n) is 32.3. The highest BCUT2D eigenvalue weighted by molar-refractivity contribution is 5.84. The van der Waals surface area contributed by atoms with Crippen LogP contribution in [0.1, 0.15) is 22.3 Å². The zero-order chi connectivity index (χ0) is 40.4. The maximum absolute atomic E-state index is 9.52. The Morgan fingerprint density at radius 1 is 0.310 bits per heavy atom. The lowest BCUT2D eigenvalue weighted by Gasteiger charge is -2.16. The summed E-state index contributed by atoms with van der Waals surface area (Å²) in [6.45, 7) is 0. The van der Waals surface area contributed by atoms with Gasteiger partial charge in [-0.3, -0.25) is 0 Å². The number of ether oxygens (including phenoxy) is 2. The molecule has 0 heterocycles. The van der Waals surface area contributed by atoms with Crippen LogP contribution in [-0.4, -0.2) is 14.2 Å². The van der Waals surface area contributed by atoms with E-state index in [-0.39, 0.29) is 0 Å². The van der Waals surface area contributed by atoms with Crippen LogP contribution < -0.4 is 9.47 Å². The summed E-state index contributed by atoms with van der Waals surface area (Å²) in [6.07, 6.45) is 1.33. The molecule has 0 fully saturated rings. The molecule has 0 unspecified atom stereocenters. The lowest BCUT2D eigenvalue weighted by molar-refractivity contribution is 0.406. The van der Waals surface area contributed by atoms with Crippen LogP contribution in [0.3, 0.4) is 0 Å². The Balaban J connectivity index is 1.17. The van der Waals surface area contributed by atoms with Gasteiger partial charge in [0.25, 0.3) is 0 Å². The summed E-state index contributed by atoms with van der Waals surface area (Å²) in [5.41, 5.74) is 15.7. The maximum atomic E-state index is 9.52. The van der Waals surface area contributed by atoms with Crippen molar-refractivity contribution in [1.82, 2.24) is 0 Å². The van der Waals surface area contributed by atoms with Gasteiger partial charge in [0.2, 0.25) is 0 Å². The van der Waals surface area contributed by atoms with Crippen molar-refractivity contribution in [2.24, 2.45) is 0 Å². The normalized spacial score (nSPS) is 10.4. The van der Waals surface area contributed by atoms with E-state index in [0.29, 0.717) is 37.2 Å². The van der Waals surface area contributed by atoms with Crippen molar-refractivity contribution in [2.75, 3.05) is 14.2 Å². The van der Waals surface area contributed by atoms with E-state index in [4.69, 9.17) is 20.0 Å². The molecular weight excluding hydrogens is 713 g/mol. The van der Waals surface area contributed by atoms with Gasteiger partial charge in [-0.05, 0) is 102 Å². The van der Waals surface area contributed by atoms with Crippen molar-refractivity contribution in [2.45, 2.75) is 25.7 Å². The van der Waals surface area contributed by atoms with E-state index in [1.165, 1.54) is 0 Å². The Morgan fingerprint density at radius 2 is 0.569 bits per heavy atom. The number of nitrogens with zero attached hydrogens (tertiary/aromatic N) is 4. The fraction of sp³-hybridized carbons (Fsp3) is 0.115. The third-order valence-corrected chi connectivity index (χ3v) is 10.3. The van der Waals surface area contributed by atoms with Gasteiger partial charge < -0.3 is 9.47 Å². The molecule has 278 valence electrons. The molecule has 0 bridgehead atoms. The van der Waals surface area contributed by atoms with Crippen molar-refractivity contribution in [3.05, 3.63) is 168 Å². The largest absolute Gasteiger partial charge is 0.496 e. The fourth-order valence-electron chi connectivity index (χ4n) is 7.28. The molecule has 0 aliphatic heterocycles. The fourth-order valence-corrected chi connectivity index (χ4v) is 7.28. The van der Waals surface area contributed by atoms with E-state index >= 15 is 0 Å². The minimum atomic E-state index is 0.300. The van der Waals surface area contributed by atoms with Crippen LogP contribution in [0.25, 0.3) is 66.8 Å². The molecule has 0 aliphatic carbocycles. The van der Waals surface area contributed by atoms with Crippen LogP contribution in [0.2, 0.25) is 0 Å². The molecule has 7 rings (SSSR count). The number of hydrogen-bond donors (Lipinski definition) is 0. The quantitative estimate of drug-likeness (QED) is 0.123. The van der Waals surface area contributed by atoms with Crippen LogP contribution in [0, 0.1) is 45.3 Å². The summed E-state index contributed by atoms with van der Waals surface area (Å²) in [5, 5.41) is 37.2. The van der Waals surface area contributed by atoms with E-state index < -0.39 is 0 Å².